The van der Waals surface area contributed by atoms with E-state index < -0.39 is 12.2 Å². The monoisotopic (exact) mass is 557 g/mol. The van der Waals surface area contributed by atoms with Crippen LogP contribution in [0.5, 0.6) is 0 Å². The Bertz CT molecular complexity index is 1320. The van der Waals surface area contributed by atoms with Crippen LogP contribution >= 0.6 is 0 Å². The molecule has 10 heteroatoms. The minimum atomic E-state index is -0.828. The van der Waals surface area contributed by atoms with Crippen molar-refractivity contribution in [2.75, 3.05) is 19.7 Å². The summed E-state index contributed by atoms with van der Waals surface area (Å²) in [5.41, 5.74) is 12.6. The number of morpholine rings is 1. The van der Waals surface area contributed by atoms with Gasteiger partial charge in [0.2, 0.25) is 5.91 Å². The number of nitrogens with one attached hydrogen (secondary N) is 2. The summed E-state index contributed by atoms with van der Waals surface area (Å²) in [5, 5.41) is 4.37. The van der Waals surface area contributed by atoms with Gasteiger partial charge < -0.3 is 20.5 Å². The molecule has 10 nitrogen and oxygen atoms in total. The zero-order chi connectivity index (χ0) is 28.9. The Balaban J connectivity index is 1.17. The van der Waals surface area contributed by atoms with Gasteiger partial charge in [-0.15, -0.1) is 0 Å². The lowest BCUT2D eigenvalue weighted by atomic mass is 10.1. The summed E-state index contributed by atoms with van der Waals surface area (Å²) in [5.74, 6) is -0.502. The molecule has 1 aliphatic heterocycles. The Morgan fingerprint density at radius 3 is 2.34 bits per heavy atom. The fourth-order valence-electron chi connectivity index (χ4n) is 4.24. The van der Waals surface area contributed by atoms with Crippen molar-refractivity contribution in [1.82, 2.24) is 15.8 Å². The number of benzene rings is 3. The number of nitrogens with zero attached hydrogens (tertiary/aromatic N) is 2. The van der Waals surface area contributed by atoms with E-state index >= 15 is 0 Å². The smallest absolute Gasteiger partial charge is 0.435 e. The van der Waals surface area contributed by atoms with Crippen molar-refractivity contribution in [3.8, 4) is 0 Å². The first-order valence-electron chi connectivity index (χ1n) is 13.6. The predicted octanol–water partition coefficient (Wildman–Crippen LogP) is 3.10. The second-order valence-electron chi connectivity index (χ2n) is 9.56. The maximum Gasteiger partial charge on any atom is 0.435 e. The molecule has 1 saturated heterocycles. The number of aliphatic imine (C=N–C) groups is 1. The minimum Gasteiger partial charge on any atom is -0.443 e. The molecule has 4 N–H and O–H groups in total. The van der Waals surface area contributed by atoms with Crippen molar-refractivity contribution in [3.05, 3.63) is 107 Å². The maximum atomic E-state index is 12.8. The first-order chi connectivity index (χ1) is 20.0. The molecule has 41 heavy (non-hydrogen) atoms. The summed E-state index contributed by atoms with van der Waals surface area (Å²) in [7, 11) is 0. The number of amides is 3. The molecule has 3 aromatic carbocycles. The molecule has 1 fully saturated rings. The van der Waals surface area contributed by atoms with E-state index in [2.05, 4.69) is 27.9 Å². The van der Waals surface area contributed by atoms with Gasteiger partial charge in [-0.05, 0) is 29.5 Å². The van der Waals surface area contributed by atoms with Crippen LogP contribution in [0.25, 0.3) is 0 Å². The highest BCUT2D eigenvalue weighted by atomic mass is 16.5. The molecule has 0 saturated carbocycles. The summed E-state index contributed by atoms with van der Waals surface area (Å²) in [6, 6.07) is 26.4. The van der Waals surface area contributed by atoms with Gasteiger partial charge in [0, 0.05) is 18.7 Å². The Morgan fingerprint density at radius 1 is 0.951 bits per heavy atom. The largest absolute Gasteiger partial charge is 0.443 e. The number of carbonyl (C=O) groups excluding carboxylic acids is 3. The Labute approximate surface area is 239 Å². The molecule has 0 spiro atoms. The van der Waals surface area contributed by atoms with Crippen LogP contribution in [0.3, 0.4) is 0 Å². The standard InChI is InChI=1S/C31H35N5O5/c32-29(35-31(39)41-22-25-10-5-2-6-11-25)26-15-13-24(14-16-26)21-33-28(37)20-27-30(38)36(18-19-40-27)34-17-7-12-23-8-3-1-4-9-23/h1-6,8-11,13-16,27,34H,7,12,17-22H2,(H,33,37)(H2,32,35,39)/t27-/m0/s1. The first kappa shape index (κ1) is 29.4. The van der Waals surface area contributed by atoms with Gasteiger partial charge in [-0.2, -0.15) is 4.99 Å². The lowest BCUT2D eigenvalue weighted by molar-refractivity contribution is -0.160. The zero-order valence-corrected chi connectivity index (χ0v) is 22.8. The van der Waals surface area contributed by atoms with E-state index in [0.717, 1.165) is 24.0 Å². The van der Waals surface area contributed by atoms with E-state index in [1.807, 2.05) is 48.5 Å². The molecule has 3 amide bonds. The molecular weight excluding hydrogens is 522 g/mol. The van der Waals surface area contributed by atoms with Crippen molar-refractivity contribution in [2.45, 2.75) is 38.5 Å². The third-order valence-electron chi connectivity index (χ3n) is 6.49. The van der Waals surface area contributed by atoms with Crippen LogP contribution in [0.1, 0.15) is 35.1 Å². The number of rotatable bonds is 12. The molecular formula is C31H35N5O5. The molecule has 4 rings (SSSR count). The van der Waals surface area contributed by atoms with Crippen LogP contribution < -0.4 is 16.5 Å². The molecule has 0 bridgehead atoms. The van der Waals surface area contributed by atoms with Gasteiger partial charge in [0.05, 0.1) is 19.6 Å². The number of hydrazine groups is 1. The average Bonchev–Trinajstić information content (AvgIpc) is 3.00. The van der Waals surface area contributed by atoms with E-state index in [-0.39, 0.29) is 37.2 Å². The highest BCUT2D eigenvalue weighted by molar-refractivity contribution is 6.02. The number of aryl methyl sites for hydroxylation is 1. The summed E-state index contributed by atoms with van der Waals surface area (Å²) >= 11 is 0. The lowest BCUT2D eigenvalue weighted by Gasteiger charge is -2.32. The number of amidine groups is 1. The molecule has 1 heterocycles. The van der Waals surface area contributed by atoms with Crippen molar-refractivity contribution < 1.29 is 23.9 Å². The quantitative estimate of drug-likeness (QED) is 0.177. The topological polar surface area (TPSA) is 135 Å². The van der Waals surface area contributed by atoms with Crippen molar-refractivity contribution in [1.29, 1.82) is 0 Å². The summed E-state index contributed by atoms with van der Waals surface area (Å²) < 4.78 is 10.7. The van der Waals surface area contributed by atoms with E-state index in [1.54, 1.807) is 29.3 Å². The fourth-order valence-corrected chi connectivity index (χ4v) is 4.24. The van der Waals surface area contributed by atoms with Gasteiger partial charge in [0.1, 0.15) is 18.5 Å². The Kier molecular flexibility index (Phi) is 11.0. The van der Waals surface area contributed by atoms with Crippen LogP contribution in [0.2, 0.25) is 0 Å². The zero-order valence-electron chi connectivity index (χ0n) is 22.8. The summed E-state index contributed by atoms with van der Waals surface area (Å²) in [6.45, 7) is 1.82. The van der Waals surface area contributed by atoms with E-state index in [9.17, 15) is 14.4 Å². The fraction of sp³-hybridized carbons (Fsp3) is 0.290. The number of carbonyl (C=O) groups is 3. The average molecular weight is 558 g/mol. The molecule has 0 aliphatic carbocycles. The highest BCUT2D eigenvalue weighted by Crippen LogP contribution is 2.11. The maximum absolute atomic E-state index is 12.8. The van der Waals surface area contributed by atoms with Crippen LogP contribution in [-0.2, 0) is 38.6 Å². The third kappa shape index (κ3) is 9.55. The van der Waals surface area contributed by atoms with Gasteiger partial charge in [0.25, 0.3) is 5.91 Å². The lowest BCUT2D eigenvalue weighted by Crippen LogP contribution is -2.55. The highest BCUT2D eigenvalue weighted by Gasteiger charge is 2.31. The van der Waals surface area contributed by atoms with Gasteiger partial charge in [-0.25, -0.2) is 10.2 Å². The minimum absolute atomic E-state index is 0.0323. The third-order valence-corrected chi connectivity index (χ3v) is 6.49. The van der Waals surface area contributed by atoms with Gasteiger partial charge in [-0.3, -0.25) is 14.6 Å². The normalized spacial score (nSPS) is 15.4. The van der Waals surface area contributed by atoms with Crippen LogP contribution in [0, 0.1) is 0 Å². The van der Waals surface area contributed by atoms with E-state index in [4.69, 9.17) is 15.2 Å². The number of ether oxygens (including phenoxy) is 2. The van der Waals surface area contributed by atoms with E-state index in [1.165, 1.54) is 5.56 Å². The van der Waals surface area contributed by atoms with Crippen LogP contribution in [0.15, 0.2) is 89.9 Å². The molecule has 1 aliphatic rings. The SMILES string of the molecule is N/C(=N\C(=O)OCc1ccccc1)c1ccc(CNC(=O)C[C@@H]2OCCN(NCCCc3ccccc3)C2=O)cc1. The number of hydrogen-bond donors (Lipinski definition) is 3. The summed E-state index contributed by atoms with van der Waals surface area (Å²) in [4.78, 5) is 41.1. The van der Waals surface area contributed by atoms with Crippen molar-refractivity contribution >= 4 is 23.7 Å². The second kappa shape index (κ2) is 15.3. The van der Waals surface area contributed by atoms with Crippen LogP contribution in [-0.4, -0.2) is 54.6 Å². The number of nitrogens with two attached hydrogens (primary N) is 1. The molecule has 3 aromatic rings. The molecule has 0 unspecified atom stereocenters. The van der Waals surface area contributed by atoms with Gasteiger partial charge >= 0.3 is 6.09 Å². The Morgan fingerprint density at radius 2 is 1.63 bits per heavy atom. The number of hydrogen-bond acceptors (Lipinski definition) is 6. The molecule has 214 valence electrons. The van der Waals surface area contributed by atoms with Gasteiger partial charge in [-0.1, -0.05) is 84.9 Å². The van der Waals surface area contributed by atoms with Crippen LogP contribution in [0.4, 0.5) is 4.79 Å². The van der Waals surface area contributed by atoms with Gasteiger partial charge in [0.15, 0.2) is 0 Å². The molecule has 1 atom stereocenters. The Hall–Kier alpha value is -4.54. The summed E-state index contributed by atoms with van der Waals surface area (Å²) in [6.07, 6.45) is 0.131. The predicted molar refractivity (Wildman–Crippen MR) is 154 cm³/mol. The molecule has 0 aromatic heterocycles. The second-order valence-corrected chi connectivity index (χ2v) is 9.56. The first-order valence-corrected chi connectivity index (χ1v) is 13.6. The van der Waals surface area contributed by atoms with E-state index in [0.29, 0.717) is 25.3 Å². The van der Waals surface area contributed by atoms with Crippen molar-refractivity contribution in [3.63, 3.8) is 0 Å². The molecule has 0 radical (unpaired) electrons. The van der Waals surface area contributed by atoms with Crippen molar-refractivity contribution in [2.24, 2.45) is 10.7 Å².